The summed E-state index contributed by atoms with van der Waals surface area (Å²) in [5.74, 6) is -1.61. The van der Waals surface area contributed by atoms with Crippen molar-refractivity contribution in [3.8, 4) is 5.75 Å². The number of nitrogens with zero attached hydrogens (tertiary/aromatic N) is 1. The van der Waals surface area contributed by atoms with Gasteiger partial charge in [0.15, 0.2) is 0 Å². The number of ether oxygens (including phenoxy) is 2. The molecule has 34 heavy (non-hydrogen) atoms. The van der Waals surface area contributed by atoms with Crippen molar-refractivity contribution in [1.82, 2.24) is 4.90 Å². The summed E-state index contributed by atoms with van der Waals surface area (Å²) in [5, 5.41) is 2.80. The second-order valence-corrected chi connectivity index (χ2v) is 8.37. The highest BCUT2D eigenvalue weighted by Crippen LogP contribution is 2.36. The number of carbonyl (C=O) groups excluding carboxylic acids is 4. The van der Waals surface area contributed by atoms with E-state index in [0.717, 1.165) is 4.90 Å². The van der Waals surface area contributed by atoms with Crippen molar-refractivity contribution in [2.75, 3.05) is 12.4 Å². The molecule has 0 spiro atoms. The van der Waals surface area contributed by atoms with Crippen LogP contribution < -0.4 is 10.1 Å². The van der Waals surface area contributed by atoms with Crippen LogP contribution in [-0.2, 0) is 25.7 Å². The second-order valence-electron chi connectivity index (χ2n) is 8.37. The predicted octanol–water partition coefficient (Wildman–Crippen LogP) is 3.33. The van der Waals surface area contributed by atoms with E-state index in [9.17, 15) is 19.2 Å². The molecule has 1 fully saturated rings. The Bertz CT molecular complexity index is 1100. The van der Waals surface area contributed by atoms with Crippen LogP contribution in [0, 0.1) is 11.8 Å². The van der Waals surface area contributed by atoms with Crippen LogP contribution in [-0.4, -0.2) is 41.7 Å². The number of rotatable bonds is 7. The van der Waals surface area contributed by atoms with E-state index in [2.05, 4.69) is 5.32 Å². The molecule has 176 valence electrons. The summed E-state index contributed by atoms with van der Waals surface area (Å²) in [6, 6.07) is 12.7. The van der Waals surface area contributed by atoms with Gasteiger partial charge in [-0.05, 0) is 61.7 Å². The quantitative estimate of drug-likeness (QED) is 0.385. The molecule has 0 radical (unpaired) electrons. The Hall–Kier alpha value is -3.94. The normalized spacial score (nSPS) is 20.0. The lowest BCUT2D eigenvalue weighted by atomic mass is 9.85. The highest BCUT2D eigenvalue weighted by molar-refractivity contribution is 6.08. The van der Waals surface area contributed by atoms with E-state index in [1.54, 1.807) is 55.6 Å². The van der Waals surface area contributed by atoms with Gasteiger partial charge in [0, 0.05) is 11.3 Å². The standard InChI is InChI=1S/C26H26N2O6/c1-16(28-24(30)21-5-3-4-6-22(21)25(28)31)26(32)34-15-17-7-9-18(10-8-17)23(29)27-19-11-13-20(33-2)14-12-19/h3-4,7-14,16,21-22H,5-6,15H2,1-2H3,(H,27,29)/t16-,21-,22+/m0/s1. The van der Waals surface area contributed by atoms with Crippen molar-refractivity contribution >= 4 is 29.4 Å². The summed E-state index contributed by atoms with van der Waals surface area (Å²) in [6.07, 6.45) is 4.84. The van der Waals surface area contributed by atoms with E-state index >= 15 is 0 Å². The van der Waals surface area contributed by atoms with Crippen molar-refractivity contribution < 1.29 is 28.7 Å². The van der Waals surface area contributed by atoms with Gasteiger partial charge in [-0.1, -0.05) is 24.3 Å². The van der Waals surface area contributed by atoms with Crippen molar-refractivity contribution in [2.24, 2.45) is 11.8 Å². The molecule has 4 rings (SSSR count). The first kappa shape index (κ1) is 23.2. The third kappa shape index (κ3) is 4.71. The Morgan fingerprint density at radius 1 is 0.971 bits per heavy atom. The van der Waals surface area contributed by atoms with Crippen LogP contribution in [0.3, 0.4) is 0 Å². The summed E-state index contributed by atoms with van der Waals surface area (Å²) in [4.78, 5) is 51.4. The molecule has 0 bridgehead atoms. The fourth-order valence-corrected chi connectivity index (χ4v) is 4.22. The number of imide groups is 1. The zero-order chi connectivity index (χ0) is 24.2. The average Bonchev–Trinajstić information content (AvgIpc) is 3.12. The highest BCUT2D eigenvalue weighted by atomic mass is 16.5. The van der Waals surface area contributed by atoms with Gasteiger partial charge < -0.3 is 14.8 Å². The second kappa shape index (κ2) is 9.91. The minimum absolute atomic E-state index is 0.0335. The molecule has 2 aromatic carbocycles. The SMILES string of the molecule is COc1ccc(NC(=O)c2ccc(COC(=O)[C@H](C)N3C(=O)[C@H]4CC=CC[C@H]4C3=O)cc2)cc1. The number of anilines is 1. The summed E-state index contributed by atoms with van der Waals surface area (Å²) in [6.45, 7) is 1.48. The number of esters is 1. The minimum Gasteiger partial charge on any atom is -0.497 e. The van der Waals surface area contributed by atoms with Gasteiger partial charge in [0.05, 0.1) is 18.9 Å². The third-order valence-electron chi connectivity index (χ3n) is 6.22. The zero-order valence-corrected chi connectivity index (χ0v) is 19.0. The summed E-state index contributed by atoms with van der Waals surface area (Å²) < 4.78 is 10.5. The molecule has 0 saturated carbocycles. The lowest BCUT2D eigenvalue weighted by Gasteiger charge is -2.21. The van der Waals surface area contributed by atoms with Gasteiger partial charge in [0.2, 0.25) is 11.8 Å². The fraction of sp³-hybridized carbons (Fsp3) is 0.308. The third-order valence-corrected chi connectivity index (χ3v) is 6.22. The zero-order valence-electron chi connectivity index (χ0n) is 19.0. The van der Waals surface area contributed by atoms with Crippen molar-refractivity contribution in [3.05, 3.63) is 71.8 Å². The molecule has 1 heterocycles. The van der Waals surface area contributed by atoms with Gasteiger partial charge in [-0.25, -0.2) is 4.79 Å². The van der Waals surface area contributed by atoms with Crippen LogP contribution >= 0.6 is 0 Å². The number of methoxy groups -OCH3 is 1. The van der Waals surface area contributed by atoms with Crippen molar-refractivity contribution in [2.45, 2.75) is 32.4 Å². The molecular weight excluding hydrogens is 436 g/mol. The van der Waals surface area contributed by atoms with Gasteiger partial charge in [-0.15, -0.1) is 0 Å². The Kier molecular flexibility index (Phi) is 6.77. The molecular formula is C26H26N2O6. The largest absolute Gasteiger partial charge is 0.497 e. The summed E-state index contributed by atoms with van der Waals surface area (Å²) in [5.41, 5.74) is 1.77. The Labute approximate surface area is 197 Å². The van der Waals surface area contributed by atoms with Gasteiger partial charge in [0.1, 0.15) is 18.4 Å². The van der Waals surface area contributed by atoms with Crippen LogP contribution in [0.25, 0.3) is 0 Å². The van der Waals surface area contributed by atoms with E-state index in [1.807, 2.05) is 12.2 Å². The maximum atomic E-state index is 12.7. The van der Waals surface area contributed by atoms with Gasteiger partial charge in [-0.2, -0.15) is 0 Å². The molecule has 1 aliphatic heterocycles. The average molecular weight is 463 g/mol. The van der Waals surface area contributed by atoms with E-state index < -0.39 is 12.0 Å². The first-order chi connectivity index (χ1) is 16.4. The maximum absolute atomic E-state index is 12.7. The smallest absolute Gasteiger partial charge is 0.329 e. The molecule has 3 atom stereocenters. The Morgan fingerprint density at radius 2 is 1.56 bits per heavy atom. The van der Waals surface area contributed by atoms with Crippen LogP contribution in [0.1, 0.15) is 35.7 Å². The van der Waals surface area contributed by atoms with E-state index in [4.69, 9.17) is 9.47 Å². The molecule has 8 nitrogen and oxygen atoms in total. The predicted molar refractivity (Wildman–Crippen MR) is 124 cm³/mol. The lowest BCUT2D eigenvalue weighted by molar-refractivity contribution is -0.159. The number of hydrogen-bond donors (Lipinski definition) is 1. The van der Waals surface area contributed by atoms with Crippen LogP contribution in [0.15, 0.2) is 60.7 Å². The number of benzene rings is 2. The minimum atomic E-state index is -0.986. The molecule has 0 aromatic heterocycles. The molecule has 0 unspecified atom stereocenters. The number of amides is 3. The van der Waals surface area contributed by atoms with Crippen molar-refractivity contribution in [3.63, 3.8) is 0 Å². The first-order valence-corrected chi connectivity index (χ1v) is 11.1. The van der Waals surface area contributed by atoms with E-state index in [-0.39, 0.29) is 36.2 Å². The molecule has 1 aliphatic carbocycles. The number of nitrogens with one attached hydrogen (secondary N) is 1. The number of allylic oxidation sites excluding steroid dienone is 2. The monoisotopic (exact) mass is 462 g/mol. The Morgan fingerprint density at radius 3 is 2.12 bits per heavy atom. The summed E-state index contributed by atoms with van der Waals surface area (Å²) >= 11 is 0. The number of hydrogen-bond acceptors (Lipinski definition) is 6. The number of carbonyl (C=O) groups is 4. The van der Waals surface area contributed by atoms with Crippen LogP contribution in [0.4, 0.5) is 5.69 Å². The van der Waals surface area contributed by atoms with Gasteiger partial charge in [-0.3, -0.25) is 19.3 Å². The number of fused-ring (bicyclic) bond motifs is 1. The maximum Gasteiger partial charge on any atom is 0.329 e. The Balaban J connectivity index is 1.31. The van der Waals surface area contributed by atoms with Crippen molar-refractivity contribution in [1.29, 1.82) is 0 Å². The topological polar surface area (TPSA) is 102 Å². The van der Waals surface area contributed by atoms with Gasteiger partial charge >= 0.3 is 5.97 Å². The first-order valence-electron chi connectivity index (χ1n) is 11.1. The molecule has 8 heteroatoms. The van der Waals surface area contributed by atoms with Crippen LogP contribution in [0.2, 0.25) is 0 Å². The van der Waals surface area contributed by atoms with E-state index in [1.165, 1.54) is 6.92 Å². The van der Waals surface area contributed by atoms with Gasteiger partial charge in [0.25, 0.3) is 5.91 Å². The number of likely N-dealkylation sites (tertiary alicyclic amines) is 1. The molecule has 2 aromatic rings. The summed E-state index contributed by atoms with van der Waals surface area (Å²) in [7, 11) is 1.57. The highest BCUT2D eigenvalue weighted by Gasteiger charge is 2.50. The molecule has 2 aliphatic rings. The molecule has 3 amide bonds. The fourth-order valence-electron chi connectivity index (χ4n) is 4.22. The molecule has 1 N–H and O–H groups in total. The lowest BCUT2D eigenvalue weighted by Crippen LogP contribution is -2.44. The molecule has 1 saturated heterocycles. The van der Waals surface area contributed by atoms with E-state index in [0.29, 0.717) is 35.4 Å². The van der Waals surface area contributed by atoms with Crippen LogP contribution in [0.5, 0.6) is 5.75 Å².